The Kier molecular flexibility index (Phi) is 6.20. The third-order valence-corrected chi connectivity index (χ3v) is 3.85. The maximum atomic E-state index is 12.2. The summed E-state index contributed by atoms with van der Waals surface area (Å²) in [6.45, 7) is 8.29. The van der Waals surface area contributed by atoms with Gasteiger partial charge in [0.1, 0.15) is 0 Å². The van der Waals surface area contributed by atoms with Gasteiger partial charge in [0.25, 0.3) is 0 Å². The normalized spacial score (nSPS) is 13.9. The third kappa shape index (κ3) is 4.46. The van der Waals surface area contributed by atoms with Gasteiger partial charge in [-0.3, -0.25) is 4.68 Å². The second-order valence-electron chi connectivity index (χ2n) is 5.68. The van der Waals surface area contributed by atoms with Gasteiger partial charge in [0.05, 0.1) is 17.8 Å². The molecule has 0 saturated heterocycles. The van der Waals surface area contributed by atoms with Crippen LogP contribution in [0.2, 0.25) is 0 Å². The highest BCUT2D eigenvalue weighted by Crippen LogP contribution is 2.23. The largest absolute Gasteiger partial charge is 0.393 e. The number of nitrogens with zero attached hydrogens (tertiary/aromatic N) is 3. The van der Waals surface area contributed by atoms with Crippen LogP contribution in [0.5, 0.6) is 0 Å². The van der Waals surface area contributed by atoms with E-state index >= 15 is 0 Å². The number of aromatic nitrogens is 2. The van der Waals surface area contributed by atoms with Gasteiger partial charge in [-0.25, -0.2) is 4.79 Å². The van der Waals surface area contributed by atoms with Crippen molar-refractivity contribution >= 4 is 6.03 Å². The molecule has 21 heavy (non-hydrogen) atoms. The first-order valence-corrected chi connectivity index (χ1v) is 7.47. The second-order valence-corrected chi connectivity index (χ2v) is 5.68. The number of aliphatic hydroxyl groups excluding tert-OH is 1. The molecule has 2 atom stereocenters. The number of rotatable bonds is 6. The zero-order valence-corrected chi connectivity index (χ0v) is 14.0. The Morgan fingerprint density at radius 2 is 2.10 bits per heavy atom. The SMILES string of the molecule is CCC(NC(=O)N(C)CCC(C)O)c1c(C)nn(C)c1C. The summed E-state index contributed by atoms with van der Waals surface area (Å²) in [4.78, 5) is 13.8. The molecule has 2 N–H and O–H groups in total. The van der Waals surface area contributed by atoms with Gasteiger partial charge in [-0.05, 0) is 33.6 Å². The van der Waals surface area contributed by atoms with Crippen LogP contribution in [-0.2, 0) is 7.05 Å². The van der Waals surface area contributed by atoms with Crippen LogP contribution in [0.4, 0.5) is 4.79 Å². The molecule has 1 aromatic rings. The van der Waals surface area contributed by atoms with E-state index in [1.165, 1.54) is 0 Å². The molecular weight excluding hydrogens is 268 g/mol. The van der Waals surface area contributed by atoms with E-state index in [9.17, 15) is 9.90 Å². The van der Waals surface area contributed by atoms with E-state index < -0.39 is 6.10 Å². The van der Waals surface area contributed by atoms with Gasteiger partial charge in [0, 0.05) is 31.9 Å². The molecule has 1 rings (SSSR count). The van der Waals surface area contributed by atoms with Crippen LogP contribution in [0.25, 0.3) is 0 Å². The molecule has 0 saturated carbocycles. The number of hydrogen-bond acceptors (Lipinski definition) is 3. The lowest BCUT2D eigenvalue weighted by atomic mass is 10.0. The summed E-state index contributed by atoms with van der Waals surface area (Å²) in [6.07, 6.45) is 0.986. The molecule has 0 aliphatic heterocycles. The average Bonchev–Trinajstić information content (AvgIpc) is 2.67. The smallest absolute Gasteiger partial charge is 0.317 e. The van der Waals surface area contributed by atoms with Crippen LogP contribution in [0, 0.1) is 13.8 Å². The Balaban J connectivity index is 2.76. The molecule has 0 spiro atoms. The van der Waals surface area contributed by atoms with Gasteiger partial charge >= 0.3 is 6.03 Å². The Morgan fingerprint density at radius 3 is 2.52 bits per heavy atom. The monoisotopic (exact) mass is 296 g/mol. The van der Waals surface area contributed by atoms with Crippen molar-refractivity contribution in [3.05, 3.63) is 17.0 Å². The van der Waals surface area contributed by atoms with Crippen LogP contribution in [0.3, 0.4) is 0 Å². The first-order valence-electron chi connectivity index (χ1n) is 7.47. The van der Waals surface area contributed by atoms with Gasteiger partial charge in [-0.1, -0.05) is 6.92 Å². The lowest BCUT2D eigenvalue weighted by Gasteiger charge is -2.23. The van der Waals surface area contributed by atoms with Gasteiger partial charge in [0.2, 0.25) is 0 Å². The molecule has 0 aliphatic carbocycles. The number of aliphatic hydroxyl groups is 1. The van der Waals surface area contributed by atoms with Gasteiger partial charge in [0.15, 0.2) is 0 Å². The summed E-state index contributed by atoms with van der Waals surface area (Å²) >= 11 is 0. The third-order valence-electron chi connectivity index (χ3n) is 3.85. The van der Waals surface area contributed by atoms with Crippen LogP contribution < -0.4 is 5.32 Å². The molecule has 2 unspecified atom stereocenters. The van der Waals surface area contributed by atoms with Crippen LogP contribution in [-0.4, -0.2) is 45.5 Å². The van der Waals surface area contributed by atoms with Crippen molar-refractivity contribution in [1.29, 1.82) is 0 Å². The number of amides is 2. The first kappa shape index (κ1) is 17.5. The summed E-state index contributed by atoms with van der Waals surface area (Å²) < 4.78 is 1.84. The summed E-state index contributed by atoms with van der Waals surface area (Å²) in [5.41, 5.74) is 3.12. The first-order chi connectivity index (χ1) is 9.77. The number of aryl methyl sites for hydroxylation is 2. The fourth-order valence-corrected chi connectivity index (χ4v) is 2.41. The van der Waals surface area contributed by atoms with Crippen molar-refractivity contribution in [3.8, 4) is 0 Å². The number of urea groups is 1. The summed E-state index contributed by atoms with van der Waals surface area (Å²) in [5, 5.41) is 16.8. The molecule has 0 fully saturated rings. The molecule has 1 heterocycles. The maximum absolute atomic E-state index is 12.2. The molecule has 0 bridgehead atoms. The Labute approximate surface area is 127 Å². The minimum absolute atomic E-state index is 0.0415. The highest BCUT2D eigenvalue weighted by Gasteiger charge is 2.21. The molecule has 1 aromatic heterocycles. The van der Waals surface area contributed by atoms with Crippen molar-refractivity contribution in [1.82, 2.24) is 20.0 Å². The molecule has 0 aliphatic rings. The van der Waals surface area contributed by atoms with Gasteiger partial charge < -0.3 is 15.3 Å². The zero-order chi connectivity index (χ0) is 16.2. The number of nitrogens with one attached hydrogen (secondary N) is 1. The van der Waals surface area contributed by atoms with Crippen molar-refractivity contribution in [2.24, 2.45) is 7.05 Å². The average molecular weight is 296 g/mol. The molecule has 2 amide bonds. The molecule has 6 heteroatoms. The van der Waals surface area contributed by atoms with Crippen LogP contribution in [0.15, 0.2) is 0 Å². The summed E-state index contributed by atoms with van der Waals surface area (Å²) in [5.74, 6) is 0. The fourth-order valence-electron chi connectivity index (χ4n) is 2.41. The number of carbonyl (C=O) groups excluding carboxylic acids is 1. The Bertz CT molecular complexity index is 482. The Morgan fingerprint density at radius 1 is 1.48 bits per heavy atom. The molecule has 0 radical (unpaired) electrons. The van der Waals surface area contributed by atoms with Crippen molar-refractivity contribution in [2.45, 2.75) is 52.7 Å². The van der Waals surface area contributed by atoms with Gasteiger partial charge in [-0.15, -0.1) is 0 Å². The minimum atomic E-state index is -0.398. The minimum Gasteiger partial charge on any atom is -0.393 e. The zero-order valence-electron chi connectivity index (χ0n) is 14.0. The Hall–Kier alpha value is -1.56. The predicted octanol–water partition coefficient (Wildman–Crippen LogP) is 1.90. The molecule has 6 nitrogen and oxygen atoms in total. The predicted molar refractivity (Wildman–Crippen MR) is 83.2 cm³/mol. The topological polar surface area (TPSA) is 70.4 Å². The van der Waals surface area contributed by atoms with Gasteiger partial charge in [-0.2, -0.15) is 5.10 Å². The second kappa shape index (κ2) is 7.45. The van der Waals surface area contributed by atoms with E-state index in [4.69, 9.17) is 0 Å². The van der Waals surface area contributed by atoms with Crippen molar-refractivity contribution < 1.29 is 9.90 Å². The standard InChI is InChI=1S/C15H28N4O2/c1-7-13(14-11(3)17-19(6)12(14)4)16-15(21)18(5)9-8-10(2)20/h10,13,20H,7-9H2,1-6H3,(H,16,21). The highest BCUT2D eigenvalue weighted by molar-refractivity contribution is 5.74. The van der Waals surface area contributed by atoms with E-state index in [-0.39, 0.29) is 12.1 Å². The van der Waals surface area contributed by atoms with Crippen molar-refractivity contribution in [2.75, 3.05) is 13.6 Å². The van der Waals surface area contributed by atoms with Crippen LogP contribution in [0.1, 0.15) is 49.7 Å². The quantitative estimate of drug-likeness (QED) is 0.842. The highest BCUT2D eigenvalue weighted by atomic mass is 16.3. The van der Waals surface area contributed by atoms with Crippen LogP contribution >= 0.6 is 0 Å². The summed E-state index contributed by atoms with van der Waals surface area (Å²) in [7, 11) is 3.66. The van der Waals surface area contributed by atoms with E-state index in [1.54, 1.807) is 18.9 Å². The number of hydrogen-bond donors (Lipinski definition) is 2. The fraction of sp³-hybridized carbons (Fsp3) is 0.733. The summed E-state index contributed by atoms with van der Waals surface area (Å²) in [6, 6.07) is -0.162. The van der Waals surface area contributed by atoms with E-state index in [1.807, 2.05) is 32.5 Å². The van der Waals surface area contributed by atoms with Crippen molar-refractivity contribution in [3.63, 3.8) is 0 Å². The lowest BCUT2D eigenvalue weighted by molar-refractivity contribution is 0.162. The lowest BCUT2D eigenvalue weighted by Crippen LogP contribution is -2.40. The van der Waals surface area contributed by atoms with E-state index in [2.05, 4.69) is 10.4 Å². The van der Waals surface area contributed by atoms with E-state index in [0.29, 0.717) is 13.0 Å². The molecule has 0 aromatic carbocycles. The molecular formula is C15H28N4O2. The maximum Gasteiger partial charge on any atom is 0.317 e. The van der Waals surface area contributed by atoms with E-state index in [0.717, 1.165) is 23.4 Å². The number of carbonyl (C=O) groups is 1. The molecule has 120 valence electrons.